The van der Waals surface area contributed by atoms with Gasteiger partial charge in [0.05, 0.1) is 0 Å². The zero-order valence-corrected chi connectivity index (χ0v) is 15.1. The molecule has 1 fully saturated rings. The molecule has 1 aliphatic rings. The molecule has 0 atom stereocenters. The minimum absolute atomic E-state index is 0. The van der Waals surface area contributed by atoms with Gasteiger partial charge in [0.15, 0.2) is 0 Å². The first kappa shape index (κ1) is 18.0. The molecule has 1 saturated carbocycles. The van der Waals surface area contributed by atoms with Crippen LogP contribution in [0.25, 0.3) is 0 Å². The van der Waals surface area contributed by atoms with E-state index in [4.69, 9.17) is 5.73 Å². The van der Waals surface area contributed by atoms with Crippen LogP contribution in [0.4, 0.5) is 0 Å². The summed E-state index contributed by atoms with van der Waals surface area (Å²) in [6.07, 6.45) is 2.23. The number of nitrogens with one attached hydrogen (secondary N) is 1. The Hall–Kier alpha value is -1.36. The van der Waals surface area contributed by atoms with E-state index in [0.29, 0.717) is 18.7 Å². The first-order valence-corrected chi connectivity index (χ1v) is 8.26. The van der Waals surface area contributed by atoms with E-state index in [1.54, 1.807) is 0 Å². The Kier molecular flexibility index (Phi) is 5.84. The highest BCUT2D eigenvalue weighted by Crippen LogP contribution is 2.49. The van der Waals surface area contributed by atoms with Crippen LogP contribution in [0, 0.1) is 0 Å². The second kappa shape index (κ2) is 7.47. The third-order valence-electron chi connectivity index (χ3n) is 4.34. The molecule has 0 radical (unpaired) electrons. The van der Waals surface area contributed by atoms with Gasteiger partial charge >= 0.3 is 0 Å². The van der Waals surface area contributed by atoms with Gasteiger partial charge in [-0.1, -0.05) is 46.3 Å². The number of carbonyl (C=O) groups excluding carboxylic acids is 1. The highest BCUT2D eigenvalue weighted by Gasteiger charge is 2.45. The van der Waals surface area contributed by atoms with Crippen molar-refractivity contribution in [3.63, 3.8) is 0 Å². The van der Waals surface area contributed by atoms with Crippen LogP contribution in [0.5, 0.6) is 0 Å². The second-order valence-electron chi connectivity index (χ2n) is 5.84. The molecule has 3 nitrogen and oxygen atoms in total. The molecule has 0 aromatic heterocycles. The average Bonchev–Trinajstić information content (AvgIpc) is 3.34. The van der Waals surface area contributed by atoms with Gasteiger partial charge in [0, 0.05) is 28.5 Å². The third kappa shape index (κ3) is 3.94. The summed E-state index contributed by atoms with van der Waals surface area (Å²) in [5.74, 6) is -0.0260. The number of rotatable bonds is 5. The van der Waals surface area contributed by atoms with E-state index in [9.17, 15) is 4.79 Å². The van der Waals surface area contributed by atoms with E-state index in [-0.39, 0.29) is 23.7 Å². The Balaban J connectivity index is 0.00000192. The van der Waals surface area contributed by atoms with Crippen LogP contribution in [0.1, 0.15) is 34.3 Å². The molecule has 0 bridgehead atoms. The van der Waals surface area contributed by atoms with Crippen molar-refractivity contribution < 1.29 is 4.79 Å². The van der Waals surface area contributed by atoms with E-state index in [1.807, 2.05) is 36.4 Å². The van der Waals surface area contributed by atoms with E-state index in [0.717, 1.165) is 22.9 Å². The Morgan fingerprint density at radius 2 is 1.78 bits per heavy atom. The maximum Gasteiger partial charge on any atom is 0.251 e. The van der Waals surface area contributed by atoms with E-state index >= 15 is 0 Å². The summed E-state index contributed by atoms with van der Waals surface area (Å²) >= 11 is 3.62. The van der Waals surface area contributed by atoms with Gasteiger partial charge in [0.2, 0.25) is 0 Å². The quantitative estimate of drug-likeness (QED) is 0.809. The predicted molar refractivity (Wildman–Crippen MR) is 99.0 cm³/mol. The van der Waals surface area contributed by atoms with Gasteiger partial charge in [-0.2, -0.15) is 0 Å². The molecule has 3 rings (SSSR count). The lowest BCUT2D eigenvalue weighted by Gasteiger charge is -2.18. The minimum atomic E-state index is -0.0260. The summed E-state index contributed by atoms with van der Waals surface area (Å²) in [6, 6.07) is 15.7. The molecule has 122 valence electrons. The van der Waals surface area contributed by atoms with E-state index in [2.05, 4.69) is 33.4 Å². The molecule has 23 heavy (non-hydrogen) atoms. The number of carbonyl (C=O) groups is 1. The monoisotopic (exact) mass is 394 g/mol. The van der Waals surface area contributed by atoms with Gasteiger partial charge < -0.3 is 11.1 Å². The molecule has 5 heteroatoms. The molecule has 2 aromatic rings. The first-order valence-electron chi connectivity index (χ1n) is 7.47. The SMILES string of the molecule is Cl.NCc1ccc(C(=O)NCC2(c3ccccc3Br)CC2)cc1. The number of benzene rings is 2. The van der Waals surface area contributed by atoms with Crippen LogP contribution in [-0.4, -0.2) is 12.5 Å². The van der Waals surface area contributed by atoms with Crippen LogP contribution in [0.15, 0.2) is 53.0 Å². The molecule has 0 saturated heterocycles. The molecular weight excluding hydrogens is 376 g/mol. The Morgan fingerprint density at radius 1 is 1.13 bits per heavy atom. The van der Waals surface area contributed by atoms with Crippen molar-refractivity contribution in [1.82, 2.24) is 5.32 Å². The van der Waals surface area contributed by atoms with Gasteiger partial charge in [-0.3, -0.25) is 4.79 Å². The van der Waals surface area contributed by atoms with E-state index in [1.165, 1.54) is 5.56 Å². The van der Waals surface area contributed by atoms with Gasteiger partial charge in [-0.15, -0.1) is 12.4 Å². The first-order chi connectivity index (χ1) is 10.6. The van der Waals surface area contributed by atoms with Crippen molar-refractivity contribution in [3.05, 3.63) is 69.7 Å². The maximum absolute atomic E-state index is 12.3. The van der Waals surface area contributed by atoms with Crippen LogP contribution in [-0.2, 0) is 12.0 Å². The Bertz CT molecular complexity index is 684. The van der Waals surface area contributed by atoms with Crippen molar-refractivity contribution in [3.8, 4) is 0 Å². The predicted octanol–water partition coefficient (Wildman–Crippen LogP) is 3.79. The topological polar surface area (TPSA) is 55.1 Å². The zero-order chi connectivity index (χ0) is 15.6. The van der Waals surface area contributed by atoms with Crippen LogP contribution >= 0.6 is 28.3 Å². The summed E-state index contributed by atoms with van der Waals surface area (Å²) < 4.78 is 1.12. The molecule has 1 amide bonds. The average molecular weight is 396 g/mol. The standard InChI is InChI=1S/C18H19BrN2O.ClH/c19-16-4-2-1-3-15(16)18(9-10-18)12-21-17(22)14-7-5-13(11-20)6-8-14;/h1-8H,9-12,20H2,(H,21,22);1H. The third-order valence-corrected chi connectivity index (χ3v) is 5.03. The maximum atomic E-state index is 12.3. The van der Waals surface area contributed by atoms with Gasteiger partial charge in [-0.25, -0.2) is 0 Å². The van der Waals surface area contributed by atoms with Crippen LogP contribution in [0.3, 0.4) is 0 Å². The minimum Gasteiger partial charge on any atom is -0.351 e. The van der Waals surface area contributed by atoms with Gasteiger partial charge in [-0.05, 0) is 42.2 Å². The van der Waals surface area contributed by atoms with Crippen molar-refractivity contribution in [2.75, 3.05) is 6.54 Å². The lowest BCUT2D eigenvalue weighted by Crippen LogP contribution is -2.32. The zero-order valence-electron chi connectivity index (χ0n) is 12.7. The lowest BCUT2D eigenvalue weighted by molar-refractivity contribution is 0.0949. The van der Waals surface area contributed by atoms with Gasteiger partial charge in [0.1, 0.15) is 0 Å². The summed E-state index contributed by atoms with van der Waals surface area (Å²) in [7, 11) is 0. The van der Waals surface area contributed by atoms with E-state index < -0.39 is 0 Å². The fraction of sp³-hybridized carbons (Fsp3) is 0.278. The fourth-order valence-corrected chi connectivity index (χ4v) is 3.43. The Morgan fingerprint density at radius 3 is 2.35 bits per heavy atom. The van der Waals surface area contributed by atoms with Crippen molar-refractivity contribution in [2.45, 2.75) is 24.8 Å². The molecule has 2 aromatic carbocycles. The molecule has 3 N–H and O–H groups in total. The summed E-state index contributed by atoms with van der Waals surface area (Å²) in [6.45, 7) is 1.17. The summed E-state index contributed by atoms with van der Waals surface area (Å²) in [4.78, 5) is 12.3. The number of hydrogen-bond acceptors (Lipinski definition) is 2. The number of hydrogen-bond donors (Lipinski definition) is 2. The summed E-state index contributed by atoms with van der Waals surface area (Å²) in [5.41, 5.74) is 8.66. The van der Waals surface area contributed by atoms with Crippen molar-refractivity contribution >= 4 is 34.2 Å². The molecule has 0 aliphatic heterocycles. The molecule has 0 heterocycles. The Labute approximate surface area is 151 Å². The highest BCUT2D eigenvalue weighted by atomic mass is 79.9. The lowest BCUT2D eigenvalue weighted by atomic mass is 9.96. The van der Waals surface area contributed by atoms with Gasteiger partial charge in [0.25, 0.3) is 5.91 Å². The largest absolute Gasteiger partial charge is 0.351 e. The molecule has 0 spiro atoms. The fourth-order valence-electron chi connectivity index (χ4n) is 2.73. The summed E-state index contributed by atoms with van der Waals surface area (Å²) in [5, 5.41) is 3.07. The highest BCUT2D eigenvalue weighted by molar-refractivity contribution is 9.10. The van der Waals surface area contributed by atoms with Crippen molar-refractivity contribution in [1.29, 1.82) is 0 Å². The second-order valence-corrected chi connectivity index (χ2v) is 6.70. The smallest absolute Gasteiger partial charge is 0.251 e. The molecular formula is C18H20BrClN2O. The number of nitrogens with two attached hydrogens (primary N) is 1. The molecule has 0 unspecified atom stereocenters. The van der Waals surface area contributed by atoms with Crippen molar-refractivity contribution in [2.24, 2.45) is 5.73 Å². The number of halogens is 2. The van der Waals surface area contributed by atoms with Crippen LogP contribution in [0.2, 0.25) is 0 Å². The molecule has 1 aliphatic carbocycles. The van der Waals surface area contributed by atoms with Crippen LogP contribution < -0.4 is 11.1 Å². The number of amides is 1. The normalized spacial score (nSPS) is 14.7.